The zero-order valence-corrected chi connectivity index (χ0v) is 20.3. The third-order valence-electron chi connectivity index (χ3n) is 5.59. The second-order valence-electron chi connectivity index (χ2n) is 8.10. The Balaban J connectivity index is 1.42. The van der Waals surface area contributed by atoms with Crippen LogP contribution in [0.25, 0.3) is 0 Å². The van der Waals surface area contributed by atoms with Gasteiger partial charge in [-0.15, -0.1) is 0 Å². The lowest BCUT2D eigenvalue weighted by Crippen LogP contribution is -2.33. The van der Waals surface area contributed by atoms with Crippen LogP contribution in [0.1, 0.15) is 18.4 Å². The third-order valence-corrected chi connectivity index (χ3v) is 7.22. The van der Waals surface area contributed by atoms with E-state index in [0.29, 0.717) is 10.7 Å². The summed E-state index contributed by atoms with van der Waals surface area (Å²) < 4.78 is 27.8. The summed E-state index contributed by atoms with van der Waals surface area (Å²) in [6.07, 6.45) is 1.48. The van der Waals surface area contributed by atoms with Gasteiger partial charge >= 0.3 is 0 Å². The number of benzene rings is 3. The van der Waals surface area contributed by atoms with Gasteiger partial charge in [0.05, 0.1) is 9.82 Å². The smallest absolute Gasteiger partial charge is 0.295 e. The van der Waals surface area contributed by atoms with E-state index in [1.807, 2.05) is 18.2 Å². The first-order valence-electron chi connectivity index (χ1n) is 10.9. The molecular formula is C24H24ClN5O4S. The molecule has 0 bridgehead atoms. The van der Waals surface area contributed by atoms with E-state index >= 15 is 0 Å². The van der Waals surface area contributed by atoms with E-state index in [2.05, 4.69) is 32.3 Å². The Morgan fingerprint density at radius 2 is 1.69 bits per heavy atom. The minimum atomic E-state index is -4.03. The highest BCUT2D eigenvalue weighted by Crippen LogP contribution is 2.29. The summed E-state index contributed by atoms with van der Waals surface area (Å²) in [7, 11) is -4.03. The van der Waals surface area contributed by atoms with Crippen LogP contribution < -0.4 is 10.1 Å². The number of piperidine rings is 1. The van der Waals surface area contributed by atoms with Crippen LogP contribution in [0.5, 0.6) is 0 Å². The Kier molecular flexibility index (Phi) is 7.64. The molecule has 2 N–H and O–H groups in total. The number of nitrogens with one attached hydrogen (secondary N) is 2. The van der Waals surface area contributed by atoms with Crippen molar-refractivity contribution in [3.8, 4) is 0 Å². The molecule has 35 heavy (non-hydrogen) atoms. The second kappa shape index (κ2) is 10.9. The zero-order chi connectivity index (χ0) is 24.8. The Labute approximate surface area is 208 Å². The lowest BCUT2D eigenvalue weighted by atomic mass is 10.1. The lowest BCUT2D eigenvalue weighted by molar-refractivity contribution is -0.384. The van der Waals surface area contributed by atoms with Gasteiger partial charge in [0.15, 0.2) is 0 Å². The molecule has 0 amide bonds. The van der Waals surface area contributed by atoms with Crippen LogP contribution in [0.4, 0.5) is 17.1 Å². The van der Waals surface area contributed by atoms with Crippen molar-refractivity contribution >= 4 is 44.4 Å². The van der Waals surface area contributed by atoms with E-state index in [1.54, 1.807) is 12.1 Å². The van der Waals surface area contributed by atoms with E-state index in [4.69, 9.17) is 11.6 Å². The summed E-state index contributed by atoms with van der Waals surface area (Å²) >= 11 is 5.83. The number of hydrazone groups is 1. The molecule has 3 aromatic carbocycles. The fourth-order valence-corrected chi connectivity index (χ4v) is 4.92. The summed E-state index contributed by atoms with van der Waals surface area (Å²) in [4.78, 5) is 13.1. The first-order valence-corrected chi connectivity index (χ1v) is 12.8. The van der Waals surface area contributed by atoms with Gasteiger partial charge in [0.25, 0.3) is 15.7 Å². The van der Waals surface area contributed by atoms with Crippen molar-refractivity contribution in [2.75, 3.05) is 23.2 Å². The Morgan fingerprint density at radius 1 is 1.00 bits per heavy atom. The standard InChI is InChI=1S/C24H24ClN5O4S/c25-19-6-8-21(9-7-19)28-35(33,34)22-10-11-23(24(16-22)30(31)32)27-26-20-12-14-29(15-13-20)17-18-4-2-1-3-5-18/h1-11,16,27-28H,12-15,17H2. The van der Waals surface area contributed by atoms with E-state index < -0.39 is 14.9 Å². The number of hydrogen-bond donors (Lipinski definition) is 2. The maximum absolute atomic E-state index is 12.7. The van der Waals surface area contributed by atoms with E-state index in [-0.39, 0.29) is 16.3 Å². The normalized spacial score (nSPS) is 14.4. The van der Waals surface area contributed by atoms with E-state index in [0.717, 1.165) is 44.3 Å². The Bertz CT molecular complexity index is 1320. The number of rotatable bonds is 8. The first kappa shape index (κ1) is 24.6. The predicted molar refractivity (Wildman–Crippen MR) is 137 cm³/mol. The Hall–Kier alpha value is -3.47. The number of anilines is 2. The molecule has 1 aliphatic heterocycles. The van der Waals surface area contributed by atoms with Crippen molar-refractivity contribution in [1.82, 2.24) is 4.90 Å². The highest BCUT2D eigenvalue weighted by Gasteiger charge is 2.22. The fourth-order valence-electron chi connectivity index (χ4n) is 3.72. The van der Waals surface area contributed by atoms with Crippen molar-refractivity contribution in [1.29, 1.82) is 0 Å². The highest BCUT2D eigenvalue weighted by atomic mass is 35.5. The average molecular weight is 514 g/mol. The van der Waals surface area contributed by atoms with Crippen LogP contribution in [0.2, 0.25) is 5.02 Å². The molecule has 1 saturated heterocycles. The van der Waals surface area contributed by atoms with Gasteiger partial charge in [0.1, 0.15) is 5.69 Å². The van der Waals surface area contributed by atoms with Gasteiger partial charge in [-0.1, -0.05) is 41.9 Å². The quantitative estimate of drug-likeness (QED) is 0.319. The fraction of sp³-hybridized carbons (Fsp3) is 0.208. The molecular weight excluding hydrogens is 490 g/mol. The molecule has 0 saturated carbocycles. The van der Waals surface area contributed by atoms with E-state index in [1.165, 1.54) is 29.8 Å². The van der Waals surface area contributed by atoms with Crippen LogP contribution in [-0.4, -0.2) is 37.0 Å². The largest absolute Gasteiger partial charge is 0.298 e. The molecule has 0 aliphatic carbocycles. The van der Waals surface area contributed by atoms with Gasteiger partial charge in [-0.25, -0.2) is 8.42 Å². The number of likely N-dealkylation sites (tertiary alicyclic amines) is 1. The highest BCUT2D eigenvalue weighted by molar-refractivity contribution is 7.92. The van der Waals surface area contributed by atoms with Crippen molar-refractivity contribution in [2.45, 2.75) is 24.3 Å². The molecule has 0 aromatic heterocycles. The van der Waals surface area contributed by atoms with Crippen LogP contribution >= 0.6 is 11.6 Å². The maximum Gasteiger partial charge on any atom is 0.295 e. The molecule has 1 fully saturated rings. The molecule has 4 rings (SSSR count). The molecule has 3 aromatic rings. The predicted octanol–water partition coefficient (Wildman–Crippen LogP) is 5.11. The minimum Gasteiger partial charge on any atom is -0.298 e. The number of halogens is 1. The van der Waals surface area contributed by atoms with Gasteiger partial charge in [0.2, 0.25) is 0 Å². The second-order valence-corrected chi connectivity index (χ2v) is 10.2. The van der Waals surface area contributed by atoms with Gasteiger partial charge < -0.3 is 0 Å². The van der Waals surface area contributed by atoms with Crippen LogP contribution in [0.3, 0.4) is 0 Å². The van der Waals surface area contributed by atoms with Gasteiger partial charge in [0, 0.05) is 55.0 Å². The lowest BCUT2D eigenvalue weighted by Gasteiger charge is -2.27. The minimum absolute atomic E-state index is 0.125. The van der Waals surface area contributed by atoms with E-state index in [9.17, 15) is 18.5 Å². The molecule has 182 valence electrons. The van der Waals surface area contributed by atoms with Gasteiger partial charge in [-0.05, 0) is 42.0 Å². The molecule has 0 spiro atoms. The summed E-state index contributed by atoms with van der Waals surface area (Å²) in [5.41, 5.74) is 4.96. The molecule has 9 nitrogen and oxygen atoms in total. The Morgan fingerprint density at radius 3 is 2.34 bits per heavy atom. The zero-order valence-electron chi connectivity index (χ0n) is 18.7. The van der Waals surface area contributed by atoms with Crippen molar-refractivity contribution in [3.63, 3.8) is 0 Å². The molecule has 1 heterocycles. The summed E-state index contributed by atoms with van der Waals surface area (Å²) in [6.45, 7) is 2.54. The number of nitrogens with zero attached hydrogens (tertiary/aromatic N) is 3. The topological polar surface area (TPSA) is 117 Å². The monoisotopic (exact) mass is 513 g/mol. The SMILES string of the molecule is O=[N+]([O-])c1cc(S(=O)(=O)Nc2ccc(Cl)cc2)ccc1NN=C1CCN(Cc2ccccc2)CC1. The van der Waals surface area contributed by atoms with Crippen molar-refractivity contribution in [3.05, 3.63) is 93.5 Å². The maximum atomic E-state index is 12.7. The average Bonchev–Trinajstić information content (AvgIpc) is 2.85. The molecule has 0 atom stereocenters. The third kappa shape index (κ3) is 6.56. The molecule has 11 heteroatoms. The molecule has 0 radical (unpaired) electrons. The first-order chi connectivity index (χ1) is 16.8. The van der Waals surface area contributed by atoms with Gasteiger partial charge in [-0.2, -0.15) is 5.10 Å². The summed E-state index contributed by atoms with van der Waals surface area (Å²) in [5.74, 6) is 0. The van der Waals surface area contributed by atoms with Crippen LogP contribution in [0.15, 0.2) is 82.8 Å². The summed E-state index contributed by atoms with van der Waals surface area (Å²) in [6, 6.07) is 20.0. The number of hydrogen-bond acceptors (Lipinski definition) is 7. The van der Waals surface area contributed by atoms with Crippen LogP contribution in [-0.2, 0) is 16.6 Å². The molecule has 1 aliphatic rings. The van der Waals surface area contributed by atoms with Crippen LogP contribution in [0, 0.1) is 10.1 Å². The summed E-state index contributed by atoms with van der Waals surface area (Å²) in [5, 5.41) is 16.5. The number of sulfonamides is 1. The van der Waals surface area contributed by atoms with Crippen molar-refractivity contribution in [2.24, 2.45) is 5.10 Å². The molecule has 0 unspecified atom stereocenters. The van der Waals surface area contributed by atoms with Crippen molar-refractivity contribution < 1.29 is 13.3 Å². The number of nitro benzene ring substituents is 1. The van der Waals surface area contributed by atoms with Gasteiger partial charge in [-0.3, -0.25) is 25.2 Å². The number of nitro groups is 1.